The molecule has 1 heterocycles. The lowest BCUT2D eigenvalue weighted by Gasteiger charge is -2.05. The fourth-order valence-electron chi connectivity index (χ4n) is 2.13. The average Bonchev–Trinajstić information content (AvgIpc) is 2.44. The van der Waals surface area contributed by atoms with Crippen LogP contribution in [0.1, 0.15) is 11.3 Å². The SMILES string of the molecule is O=c1cc(Cc2ccccc2)oc2c(O)c(O)ccc12. The quantitative estimate of drug-likeness (QED) is 0.701. The van der Waals surface area contributed by atoms with Gasteiger partial charge in [-0.2, -0.15) is 0 Å². The monoisotopic (exact) mass is 268 g/mol. The van der Waals surface area contributed by atoms with E-state index in [9.17, 15) is 15.0 Å². The van der Waals surface area contributed by atoms with Crippen molar-refractivity contribution in [2.24, 2.45) is 0 Å². The van der Waals surface area contributed by atoms with Gasteiger partial charge in [-0.25, -0.2) is 0 Å². The lowest BCUT2D eigenvalue weighted by Crippen LogP contribution is -2.02. The summed E-state index contributed by atoms with van der Waals surface area (Å²) >= 11 is 0. The van der Waals surface area contributed by atoms with E-state index >= 15 is 0 Å². The molecule has 0 unspecified atom stereocenters. The van der Waals surface area contributed by atoms with Crippen molar-refractivity contribution in [1.82, 2.24) is 0 Å². The van der Waals surface area contributed by atoms with Crippen LogP contribution in [0.15, 0.2) is 57.7 Å². The zero-order valence-electron chi connectivity index (χ0n) is 10.5. The van der Waals surface area contributed by atoms with E-state index in [-0.39, 0.29) is 22.1 Å². The van der Waals surface area contributed by atoms with Gasteiger partial charge in [0.05, 0.1) is 5.39 Å². The van der Waals surface area contributed by atoms with Gasteiger partial charge in [-0.1, -0.05) is 30.3 Å². The predicted octanol–water partition coefficient (Wildman–Crippen LogP) is 2.80. The van der Waals surface area contributed by atoms with Gasteiger partial charge in [0.25, 0.3) is 0 Å². The maximum atomic E-state index is 12.0. The average molecular weight is 268 g/mol. The molecule has 0 saturated carbocycles. The molecular formula is C16H12O4. The highest BCUT2D eigenvalue weighted by Gasteiger charge is 2.12. The van der Waals surface area contributed by atoms with Crippen LogP contribution in [0.5, 0.6) is 11.5 Å². The minimum atomic E-state index is -0.408. The molecule has 20 heavy (non-hydrogen) atoms. The van der Waals surface area contributed by atoms with Crippen LogP contribution in [-0.2, 0) is 6.42 Å². The molecular weight excluding hydrogens is 256 g/mol. The van der Waals surface area contributed by atoms with Crippen LogP contribution in [-0.4, -0.2) is 10.2 Å². The molecule has 0 radical (unpaired) electrons. The molecule has 3 aromatic rings. The summed E-state index contributed by atoms with van der Waals surface area (Å²) < 4.78 is 5.55. The van der Waals surface area contributed by atoms with Crippen LogP contribution in [0.3, 0.4) is 0 Å². The van der Waals surface area contributed by atoms with Crippen molar-refractivity contribution >= 4 is 11.0 Å². The normalized spacial score (nSPS) is 10.8. The third-order valence-corrected chi connectivity index (χ3v) is 3.12. The molecule has 0 bridgehead atoms. The van der Waals surface area contributed by atoms with E-state index < -0.39 is 5.75 Å². The maximum Gasteiger partial charge on any atom is 0.201 e. The highest BCUT2D eigenvalue weighted by molar-refractivity contribution is 5.84. The summed E-state index contributed by atoms with van der Waals surface area (Å²) in [5.41, 5.74) is 0.769. The Balaban J connectivity index is 2.14. The molecule has 4 nitrogen and oxygen atoms in total. The topological polar surface area (TPSA) is 70.7 Å². The number of hydrogen-bond donors (Lipinski definition) is 2. The van der Waals surface area contributed by atoms with E-state index in [1.54, 1.807) is 0 Å². The molecule has 2 N–H and O–H groups in total. The van der Waals surface area contributed by atoms with E-state index in [4.69, 9.17) is 4.42 Å². The van der Waals surface area contributed by atoms with Crippen LogP contribution < -0.4 is 5.43 Å². The van der Waals surface area contributed by atoms with E-state index in [1.165, 1.54) is 18.2 Å². The summed E-state index contributed by atoms with van der Waals surface area (Å²) in [5.74, 6) is -0.276. The van der Waals surface area contributed by atoms with Crippen molar-refractivity contribution < 1.29 is 14.6 Å². The van der Waals surface area contributed by atoms with Crippen molar-refractivity contribution in [1.29, 1.82) is 0 Å². The summed E-state index contributed by atoms with van der Waals surface area (Å²) in [4.78, 5) is 12.0. The molecule has 3 rings (SSSR count). The number of benzene rings is 2. The number of phenolic OH excluding ortho intramolecular Hbond substituents is 2. The molecule has 4 heteroatoms. The zero-order valence-corrected chi connectivity index (χ0v) is 10.5. The summed E-state index contributed by atoms with van der Waals surface area (Å²) in [6.45, 7) is 0. The van der Waals surface area contributed by atoms with Crippen LogP contribution in [0.25, 0.3) is 11.0 Å². The molecule has 1 aromatic heterocycles. The zero-order chi connectivity index (χ0) is 14.1. The van der Waals surface area contributed by atoms with Crippen LogP contribution in [0, 0.1) is 0 Å². The first-order valence-electron chi connectivity index (χ1n) is 6.17. The molecule has 2 aromatic carbocycles. The maximum absolute atomic E-state index is 12.0. The van der Waals surface area contributed by atoms with Crippen LogP contribution in [0.2, 0.25) is 0 Å². The summed E-state index contributed by atoms with van der Waals surface area (Å²) in [6, 6.07) is 13.7. The van der Waals surface area contributed by atoms with Gasteiger partial charge in [-0.05, 0) is 17.7 Å². The smallest absolute Gasteiger partial charge is 0.201 e. The Bertz CT molecular complexity index is 819. The first-order chi connectivity index (χ1) is 9.65. The van der Waals surface area contributed by atoms with Crippen LogP contribution >= 0.6 is 0 Å². The Morgan fingerprint density at radius 1 is 1.00 bits per heavy atom. The molecule has 0 aliphatic carbocycles. The van der Waals surface area contributed by atoms with E-state index in [2.05, 4.69) is 0 Å². The van der Waals surface area contributed by atoms with Gasteiger partial charge in [0, 0.05) is 12.5 Å². The molecule has 0 aliphatic rings. The van der Waals surface area contributed by atoms with Gasteiger partial charge >= 0.3 is 0 Å². The van der Waals surface area contributed by atoms with Crippen LogP contribution in [0.4, 0.5) is 0 Å². The van der Waals surface area contributed by atoms with Gasteiger partial charge in [0.15, 0.2) is 16.8 Å². The molecule has 100 valence electrons. The van der Waals surface area contributed by atoms with Crippen molar-refractivity contribution in [2.45, 2.75) is 6.42 Å². The number of hydrogen-bond acceptors (Lipinski definition) is 4. The Morgan fingerprint density at radius 3 is 2.50 bits per heavy atom. The van der Waals surface area contributed by atoms with Gasteiger partial charge < -0.3 is 14.6 Å². The minimum Gasteiger partial charge on any atom is -0.504 e. The van der Waals surface area contributed by atoms with Gasteiger partial charge in [-0.15, -0.1) is 0 Å². The van der Waals surface area contributed by atoms with Crippen molar-refractivity contribution in [3.05, 3.63) is 70.1 Å². The lowest BCUT2D eigenvalue weighted by molar-refractivity contribution is 0.397. The fourth-order valence-corrected chi connectivity index (χ4v) is 2.13. The highest BCUT2D eigenvalue weighted by Crippen LogP contribution is 2.32. The highest BCUT2D eigenvalue weighted by atomic mass is 16.4. The van der Waals surface area contributed by atoms with Crippen molar-refractivity contribution in [3.8, 4) is 11.5 Å². The lowest BCUT2D eigenvalue weighted by atomic mass is 10.1. The standard InChI is InChI=1S/C16H12O4/c17-13-7-6-12-14(18)9-11(20-16(12)15(13)19)8-10-4-2-1-3-5-10/h1-7,9,17,19H,8H2. The second-order valence-corrected chi connectivity index (χ2v) is 4.55. The molecule has 0 aliphatic heterocycles. The summed E-state index contributed by atoms with van der Waals surface area (Å²) in [5, 5.41) is 19.5. The second kappa shape index (κ2) is 4.74. The molecule has 0 amide bonds. The minimum absolute atomic E-state index is 0.0171. The third-order valence-electron chi connectivity index (χ3n) is 3.12. The molecule has 0 spiro atoms. The van der Waals surface area contributed by atoms with Gasteiger partial charge in [0.1, 0.15) is 5.76 Å². The summed E-state index contributed by atoms with van der Waals surface area (Å²) in [6.07, 6.45) is 0.446. The fraction of sp³-hybridized carbons (Fsp3) is 0.0625. The van der Waals surface area contributed by atoms with Crippen molar-refractivity contribution in [2.75, 3.05) is 0 Å². The predicted molar refractivity (Wildman–Crippen MR) is 75.1 cm³/mol. The number of aromatic hydroxyl groups is 2. The van der Waals surface area contributed by atoms with E-state index in [1.807, 2.05) is 30.3 Å². The number of rotatable bonds is 2. The van der Waals surface area contributed by atoms with Gasteiger partial charge in [0.2, 0.25) is 5.75 Å². The first-order valence-corrected chi connectivity index (χ1v) is 6.17. The summed E-state index contributed by atoms with van der Waals surface area (Å²) in [7, 11) is 0. The first kappa shape index (κ1) is 12.3. The second-order valence-electron chi connectivity index (χ2n) is 4.55. The Labute approximate surface area is 114 Å². The van der Waals surface area contributed by atoms with Gasteiger partial charge in [-0.3, -0.25) is 4.79 Å². The third kappa shape index (κ3) is 2.12. The molecule has 0 atom stereocenters. The molecule has 0 fully saturated rings. The largest absolute Gasteiger partial charge is 0.504 e. The number of fused-ring (bicyclic) bond motifs is 1. The number of phenols is 2. The van der Waals surface area contributed by atoms with E-state index in [0.717, 1.165) is 5.56 Å². The molecule has 0 saturated heterocycles. The Kier molecular flexibility index (Phi) is 2.91. The van der Waals surface area contributed by atoms with Crippen molar-refractivity contribution in [3.63, 3.8) is 0 Å². The van der Waals surface area contributed by atoms with E-state index in [0.29, 0.717) is 12.2 Å². The Hall–Kier alpha value is -2.75. The Morgan fingerprint density at radius 2 is 1.75 bits per heavy atom.